The van der Waals surface area contributed by atoms with Crippen molar-refractivity contribution in [2.45, 2.75) is 0 Å². The van der Waals surface area contributed by atoms with Gasteiger partial charge in [-0.25, -0.2) is 4.98 Å². The number of aromatic nitrogens is 5. The van der Waals surface area contributed by atoms with E-state index in [9.17, 15) is 0 Å². The molecule has 8 aromatic carbocycles. The molecule has 12 rings (SSSR count). The van der Waals surface area contributed by atoms with E-state index in [1.807, 2.05) is 72.0 Å². The molecule has 0 atom stereocenters. The number of rotatable bonds is 4. The van der Waals surface area contributed by atoms with Crippen molar-refractivity contribution in [1.29, 1.82) is 0 Å². The molecule has 0 fully saturated rings. The predicted octanol–water partition coefficient (Wildman–Crippen LogP) is 12.9. The number of hydrogen-bond acceptors (Lipinski definition) is 4. The Labute approximate surface area is 319 Å². The number of fused-ring (bicyclic) bond motifs is 7. The first-order valence-electron chi connectivity index (χ1n) is 18.4. The van der Waals surface area contributed by atoms with E-state index in [-0.39, 0.29) is 0 Å². The van der Waals surface area contributed by atoms with Crippen LogP contribution in [-0.2, 0) is 0 Å². The Kier molecular flexibility index (Phi) is 6.44. The van der Waals surface area contributed by atoms with Crippen LogP contribution in [0.25, 0.3) is 109 Å². The molecule has 2 aliphatic heterocycles. The van der Waals surface area contributed by atoms with Crippen LogP contribution in [0.1, 0.15) is 0 Å². The fourth-order valence-electron chi connectivity index (χ4n) is 8.50. The molecule has 10 aromatic rings. The summed E-state index contributed by atoms with van der Waals surface area (Å²) in [4.78, 5) is 15.2. The van der Waals surface area contributed by atoms with Gasteiger partial charge in [0.05, 0.1) is 37.2 Å². The van der Waals surface area contributed by atoms with E-state index in [0.29, 0.717) is 17.6 Å². The minimum atomic E-state index is 0.591. The summed E-state index contributed by atoms with van der Waals surface area (Å²) in [6.45, 7) is 0. The molecule has 4 heterocycles. The molecular formula is C49H29N5S. The van der Waals surface area contributed by atoms with Crippen LogP contribution >= 0.6 is 11.3 Å². The van der Waals surface area contributed by atoms with Crippen LogP contribution in [0.4, 0.5) is 0 Å². The summed E-state index contributed by atoms with van der Waals surface area (Å²) >= 11 is 1.86. The second-order valence-electron chi connectivity index (χ2n) is 14.1. The molecule has 55 heavy (non-hydrogen) atoms. The van der Waals surface area contributed by atoms with Gasteiger partial charge in [-0.05, 0) is 64.4 Å². The number of nitrogens with zero attached hydrogens (tertiary/aromatic N) is 5. The lowest BCUT2D eigenvalue weighted by molar-refractivity contribution is 0.953. The Bertz CT molecular complexity index is 3370. The summed E-state index contributed by atoms with van der Waals surface area (Å²) < 4.78 is 7.18. The lowest BCUT2D eigenvalue weighted by atomic mass is 9.98. The van der Waals surface area contributed by atoms with Crippen LogP contribution in [0.3, 0.4) is 0 Å². The maximum Gasteiger partial charge on any atom is 0.238 e. The summed E-state index contributed by atoms with van der Waals surface area (Å²) in [5.74, 6) is 1.87. The van der Waals surface area contributed by atoms with Gasteiger partial charge in [0.2, 0.25) is 5.95 Å². The van der Waals surface area contributed by atoms with Gasteiger partial charge in [0.15, 0.2) is 11.6 Å². The maximum absolute atomic E-state index is 5.11. The van der Waals surface area contributed by atoms with Crippen molar-refractivity contribution in [3.63, 3.8) is 0 Å². The lowest BCUT2D eigenvalue weighted by Gasteiger charge is -2.23. The molecule has 0 spiro atoms. The van der Waals surface area contributed by atoms with Crippen molar-refractivity contribution in [2.75, 3.05) is 0 Å². The van der Waals surface area contributed by atoms with Crippen molar-refractivity contribution in [3.8, 4) is 45.5 Å². The highest BCUT2D eigenvalue weighted by Gasteiger charge is 2.21. The Morgan fingerprint density at radius 3 is 1.75 bits per heavy atom. The molecule has 5 nitrogen and oxygen atoms in total. The monoisotopic (exact) mass is 719 g/mol. The van der Waals surface area contributed by atoms with Gasteiger partial charge in [-0.2, -0.15) is 9.97 Å². The van der Waals surface area contributed by atoms with Gasteiger partial charge in [-0.3, -0.25) is 4.57 Å². The first kappa shape index (κ1) is 30.3. The molecule has 0 bridgehead atoms. The molecular weight excluding hydrogens is 691 g/mol. The van der Waals surface area contributed by atoms with Gasteiger partial charge in [0.25, 0.3) is 0 Å². The lowest BCUT2D eigenvalue weighted by Crippen LogP contribution is -2.06. The van der Waals surface area contributed by atoms with Crippen molar-refractivity contribution >= 4 is 75.1 Å². The van der Waals surface area contributed by atoms with Gasteiger partial charge in [0, 0.05) is 32.7 Å². The summed E-state index contributed by atoms with van der Waals surface area (Å²) in [6.07, 6.45) is 0. The molecule has 0 radical (unpaired) electrons. The predicted molar refractivity (Wildman–Crippen MR) is 229 cm³/mol. The second kappa shape index (κ2) is 11.7. The summed E-state index contributed by atoms with van der Waals surface area (Å²) in [6, 6.07) is 62.6. The van der Waals surface area contributed by atoms with Crippen LogP contribution < -0.4 is 0 Å². The second-order valence-corrected chi connectivity index (χ2v) is 15.1. The van der Waals surface area contributed by atoms with Crippen molar-refractivity contribution in [2.24, 2.45) is 0 Å². The fourth-order valence-corrected chi connectivity index (χ4v) is 9.63. The summed E-state index contributed by atoms with van der Waals surface area (Å²) in [7, 11) is 0. The van der Waals surface area contributed by atoms with Crippen molar-refractivity contribution < 1.29 is 0 Å². The molecule has 0 amide bonds. The molecule has 256 valence electrons. The molecule has 2 aromatic heterocycles. The van der Waals surface area contributed by atoms with E-state index in [1.165, 1.54) is 53.2 Å². The molecule has 0 saturated heterocycles. The quantitative estimate of drug-likeness (QED) is 0.134. The number of pyridine rings is 1. The Morgan fingerprint density at radius 2 is 0.964 bits per heavy atom. The van der Waals surface area contributed by atoms with Crippen LogP contribution in [-0.4, -0.2) is 24.1 Å². The van der Waals surface area contributed by atoms with Crippen LogP contribution in [0, 0.1) is 0 Å². The van der Waals surface area contributed by atoms with Crippen LogP contribution in [0.2, 0.25) is 0 Å². The summed E-state index contributed by atoms with van der Waals surface area (Å²) in [5.41, 5.74) is 10.1. The van der Waals surface area contributed by atoms with Gasteiger partial charge in [-0.15, -0.1) is 11.3 Å². The molecule has 0 unspecified atom stereocenters. The van der Waals surface area contributed by atoms with E-state index in [4.69, 9.17) is 15.0 Å². The third kappa shape index (κ3) is 4.55. The highest BCUT2D eigenvalue weighted by atomic mass is 32.1. The maximum atomic E-state index is 5.11. The highest BCUT2D eigenvalue weighted by Crippen LogP contribution is 2.44. The normalized spacial score (nSPS) is 12.0. The molecule has 6 heteroatoms. The van der Waals surface area contributed by atoms with E-state index in [2.05, 4.69) is 124 Å². The first-order valence-corrected chi connectivity index (χ1v) is 19.3. The van der Waals surface area contributed by atoms with Gasteiger partial charge in [0.1, 0.15) is 0 Å². The smallest absolute Gasteiger partial charge is 0.238 e. The standard InChI is InChI=1S/C49H29N5S/c1-3-12-31(13-4-1)47-50-48(32-14-5-2-6-15-32)52-49(51-47)54-39-21-8-7-18-35(39)38-28-33(24-26-40(38)54)34-25-27-41-44(29-34)55-43-23-11-20-37-36-19-9-16-30-17-10-22-42(45(30)36)53(41)46(37)43/h1-29H. The molecule has 0 aliphatic carbocycles. The van der Waals surface area contributed by atoms with Gasteiger partial charge < -0.3 is 4.57 Å². The van der Waals surface area contributed by atoms with Gasteiger partial charge >= 0.3 is 0 Å². The molecule has 2 aliphatic rings. The largest absolute Gasteiger partial charge is 0.306 e. The van der Waals surface area contributed by atoms with E-state index < -0.39 is 0 Å². The third-order valence-corrected chi connectivity index (χ3v) is 12.0. The highest BCUT2D eigenvalue weighted by molar-refractivity contribution is 7.24. The van der Waals surface area contributed by atoms with E-state index in [1.54, 1.807) is 0 Å². The Balaban J connectivity index is 1.07. The fraction of sp³-hybridized carbons (Fsp3) is 0. The molecule has 0 N–H and O–H groups in total. The zero-order chi connectivity index (χ0) is 36.0. The zero-order valence-electron chi connectivity index (χ0n) is 29.4. The van der Waals surface area contributed by atoms with E-state index in [0.717, 1.165) is 38.5 Å². The third-order valence-electron chi connectivity index (χ3n) is 11.0. The van der Waals surface area contributed by atoms with Crippen LogP contribution in [0.15, 0.2) is 176 Å². The Hall–Kier alpha value is -7.15. The Morgan fingerprint density at radius 1 is 0.364 bits per heavy atom. The number of benzene rings is 8. The minimum Gasteiger partial charge on any atom is -0.306 e. The van der Waals surface area contributed by atoms with Crippen molar-refractivity contribution in [1.82, 2.24) is 24.1 Å². The first-order chi connectivity index (χ1) is 27.3. The molecule has 0 saturated carbocycles. The number of hydrogen-bond donors (Lipinski definition) is 0. The van der Waals surface area contributed by atoms with Crippen molar-refractivity contribution in [3.05, 3.63) is 176 Å². The SMILES string of the molecule is c1ccc(-c2nc(-c3ccccc3)nc(-n3c4ccccc4c4cc(-c5ccc6c(c5)sc5cccc7c5-n6c5cccc6cccc7c65)ccc43)n2)cc1. The topological polar surface area (TPSA) is 48.5 Å². The van der Waals surface area contributed by atoms with E-state index >= 15 is 0 Å². The minimum absolute atomic E-state index is 0.591. The zero-order valence-corrected chi connectivity index (χ0v) is 30.2. The average Bonchev–Trinajstić information content (AvgIpc) is 3.59. The van der Waals surface area contributed by atoms with Gasteiger partial charge in [-0.1, -0.05) is 133 Å². The summed E-state index contributed by atoms with van der Waals surface area (Å²) in [5, 5.41) is 7.46. The average molecular weight is 720 g/mol. The number of para-hydroxylation sites is 2. The van der Waals surface area contributed by atoms with Crippen LogP contribution in [0.5, 0.6) is 0 Å².